The van der Waals surface area contributed by atoms with E-state index in [-0.39, 0.29) is 23.5 Å². The number of carbonyl (C=O) groups is 2. The number of halogens is 2. The molecule has 0 unspecified atom stereocenters. The van der Waals surface area contributed by atoms with Crippen LogP contribution in [0.1, 0.15) is 23.7 Å². The van der Waals surface area contributed by atoms with Crippen molar-refractivity contribution in [1.29, 1.82) is 0 Å². The maximum absolute atomic E-state index is 12.8. The Morgan fingerprint density at radius 3 is 2.65 bits per heavy atom. The Labute approximate surface area is 95.1 Å². The average Bonchev–Trinajstić information content (AvgIpc) is 2.60. The monoisotopic (exact) mass is 242 g/mol. The molecule has 0 saturated heterocycles. The third-order valence-corrected chi connectivity index (χ3v) is 2.25. The molecule has 4 nitrogen and oxygen atoms in total. The van der Waals surface area contributed by atoms with E-state index in [1.54, 1.807) is 0 Å². The third kappa shape index (κ3) is 1.98. The smallest absolute Gasteiger partial charge is 0.395 e. The molecule has 6 heteroatoms. The maximum Gasteiger partial charge on any atom is 0.586 e. The van der Waals surface area contributed by atoms with E-state index in [0.717, 1.165) is 0 Å². The van der Waals surface area contributed by atoms with Gasteiger partial charge in [0.15, 0.2) is 11.5 Å². The number of benzene rings is 1. The quantitative estimate of drug-likeness (QED) is 0.602. The van der Waals surface area contributed by atoms with Gasteiger partial charge in [0, 0.05) is 6.42 Å². The van der Waals surface area contributed by atoms with Crippen LogP contribution in [0.5, 0.6) is 11.5 Å². The number of hydrogen-bond donors (Lipinski definition) is 0. The summed E-state index contributed by atoms with van der Waals surface area (Å²) < 4.78 is 34.0. The van der Waals surface area contributed by atoms with E-state index in [1.165, 1.54) is 25.1 Å². The second kappa shape index (κ2) is 3.80. The zero-order valence-electron chi connectivity index (χ0n) is 8.83. The van der Waals surface area contributed by atoms with E-state index in [4.69, 9.17) is 0 Å². The van der Waals surface area contributed by atoms with E-state index in [0.29, 0.717) is 0 Å². The zero-order valence-corrected chi connectivity index (χ0v) is 8.83. The standard InChI is InChI=1S/C11H8F2O4/c1-2-7(14)9(15)6-4-3-5-8-10(6)17-11(12,13)16-8/h3-5H,2H2,1H3. The van der Waals surface area contributed by atoms with Gasteiger partial charge in [0.1, 0.15) is 0 Å². The molecule has 0 bridgehead atoms. The van der Waals surface area contributed by atoms with Gasteiger partial charge in [-0.25, -0.2) is 0 Å². The summed E-state index contributed by atoms with van der Waals surface area (Å²) in [7, 11) is 0. The van der Waals surface area contributed by atoms with Gasteiger partial charge in [-0.3, -0.25) is 9.59 Å². The van der Waals surface area contributed by atoms with Gasteiger partial charge >= 0.3 is 6.29 Å². The summed E-state index contributed by atoms with van der Waals surface area (Å²) in [6.45, 7) is 1.51. The Morgan fingerprint density at radius 1 is 1.29 bits per heavy atom. The fourth-order valence-electron chi connectivity index (χ4n) is 1.46. The summed E-state index contributed by atoms with van der Waals surface area (Å²) in [6.07, 6.45) is -3.80. The average molecular weight is 242 g/mol. The highest BCUT2D eigenvalue weighted by Gasteiger charge is 2.45. The van der Waals surface area contributed by atoms with Gasteiger partial charge in [-0.1, -0.05) is 13.0 Å². The number of rotatable bonds is 3. The predicted molar refractivity (Wildman–Crippen MR) is 52.3 cm³/mol. The molecule has 2 rings (SSSR count). The highest BCUT2D eigenvalue weighted by Crippen LogP contribution is 2.43. The van der Waals surface area contributed by atoms with Crippen molar-refractivity contribution >= 4 is 11.6 Å². The van der Waals surface area contributed by atoms with Crippen molar-refractivity contribution in [2.45, 2.75) is 19.6 Å². The Kier molecular flexibility index (Phi) is 2.57. The first kappa shape index (κ1) is 11.5. The van der Waals surface area contributed by atoms with Gasteiger partial charge in [0.05, 0.1) is 5.56 Å². The summed E-state index contributed by atoms with van der Waals surface area (Å²) in [6, 6.07) is 3.84. The highest BCUT2D eigenvalue weighted by atomic mass is 19.3. The first-order valence-electron chi connectivity index (χ1n) is 4.91. The van der Waals surface area contributed by atoms with E-state index in [2.05, 4.69) is 9.47 Å². The summed E-state index contributed by atoms with van der Waals surface area (Å²) in [4.78, 5) is 22.9. The molecule has 0 fully saturated rings. The number of ether oxygens (including phenoxy) is 2. The largest absolute Gasteiger partial charge is 0.586 e. The van der Waals surface area contributed by atoms with Gasteiger partial charge in [0.2, 0.25) is 11.6 Å². The van der Waals surface area contributed by atoms with Gasteiger partial charge in [-0.2, -0.15) is 0 Å². The number of alkyl halides is 2. The molecule has 0 aromatic heterocycles. The van der Waals surface area contributed by atoms with Crippen molar-refractivity contribution in [3.05, 3.63) is 23.8 Å². The molecule has 1 aliphatic heterocycles. The minimum Gasteiger partial charge on any atom is -0.395 e. The topological polar surface area (TPSA) is 52.6 Å². The van der Waals surface area contributed by atoms with E-state index >= 15 is 0 Å². The van der Waals surface area contributed by atoms with Crippen LogP contribution in [0.15, 0.2) is 18.2 Å². The van der Waals surface area contributed by atoms with Gasteiger partial charge in [0.25, 0.3) is 0 Å². The van der Waals surface area contributed by atoms with E-state index in [9.17, 15) is 18.4 Å². The second-order valence-corrected chi connectivity index (χ2v) is 3.41. The minimum atomic E-state index is -3.80. The summed E-state index contributed by atoms with van der Waals surface area (Å²) in [5.41, 5.74) is -0.202. The lowest BCUT2D eigenvalue weighted by Gasteiger charge is -2.05. The van der Waals surface area contributed by atoms with E-state index < -0.39 is 17.9 Å². The molecule has 0 amide bonds. The van der Waals surface area contributed by atoms with Crippen molar-refractivity contribution in [1.82, 2.24) is 0 Å². The molecule has 90 valence electrons. The Hall–Kier alpha value is -1.98. The Morgan fingerprint density at radius 2 is 2.00 bits per heavy atom. The van der Waals surface area contributed by atoms with Crippen LogP contribution in [0.2, 0.25) is 0 Å². The zero-order chi connectivity index (χ0) is 12.6. The van der Waals surface area contributed by atoms with Crippen molar-refractivity contribution in [3.8, 4) is 11.5 Å². The third-order valence-electron chi connectivity index (χ3n) is 2.25. The van der Waals surface area contributed by atoms with Crippen molar-refractivity contribution in [2.75, 3.05) is 0 Å². The molecule has 1 aromatic rings. The molecular formula is C11H8F2O4. The molecule has 17 heavy (non-hydrogen) atoms. The molecule has 0 atom stereocenters. The van der Waals surface area contributed by atoms with Crippen LogP contribution in [0.25, 0.3) is 0 Å². The molecule has 0 saturated carbocycles. The van der Waals surface area contributed by atoms with Crippen LogP contribution in [-0.4, -0.2) is 17.9 Å². The first-order chi connectivity index (χ1) is 7.94. The van der Waals surface area contributed by atoms with Crippen molar-refractivity contribution in [3.63, 3.8) is 0 Å². The van der Waals surface area contributed by atoms with Crippen LogP contribution in [0.3, 0.4) is 0 Å². The number of Topliss-reactive ketones (excluding diaryl/α,β-unsaturated/α-hetero) is 2. The van der Waals surface area contributed by atoms with E-state index in [1.807, 2.05) is 0 Å². The summed E-state index contributed by atoms with van der Waals surface area (Å²) >= 11 is 0. The van der Waals surface area contributed by atoms with Gasteiger partial charge < -0.3 is 9.47 Å². The molecule has 1 aromatic carbocycles. The molecular weight excluding hydrogens is 234 g/mol. The molecule has 1 heterocycles. The van der Waals surface area contributed by atoms with Crippen molar-refractivity contribution < 1.29 is 27.8 Å². The van der Waals surface area contributed by atoms with Crippen LogP contribution < -0.4 is 9.47 Å². The minimum absolute atomic E-state index is 0.000247. The number of para-hydroxylation sites is 1. The molecule has 1 aliphatic rings. The lowest BCUT2D eigenvalue weighted by molar-refractivity contribution is -0.286. The Balaban J connectivity index is 2.43. The normalized spacial score (nSPS) is 15.7. The lowest BCUT2D eigenvalue weighted by atomic mass is 10.0. The van der Waals surface area contributed by atoms with Gasteiger partial charge in [-0.15, -0.1) is 8.78 Å². The number of hydrogen-bond acceptors (Lipinski definition) is 4. The van der Waals surface area contributed by atoms with Gasteiger partial charge in [-0.05, 0) is 12.1 Å². The fourth-order valence-corrected chi connectivity index (χ4v) is 1.46. The Bertz CT molecular complexity index is 496. The summed E-state index contributed by atoms with van der Waals surface area (Å²) in [5.74, 6) is -2.16. The number of fused-ring (bicyclic) bond motifs is 1. The first-order valence-corrected chi connectivity index (χ1v) is 4.91. The highest BCUT2D eigenvalue weighted by molar-refractivity contribution is 6.44. The predicted octanol–water partition coefficient (Wildman–Crippen LogP) is 2.17. The lowest BCUT2D eigenvalue weighted by Crippen LogP contribution is -2.26. The molecule has 0 N–H and O–H groups in total. The SMILES string of the molecule is CCC(=O)C(=O)c1cccc2c1OC(F)(F)O2. The fraction of sp³-hybridized carbons (Fsp3) is 0.273. The number of ketones is 2. The van der Waals surface area contributed by atoms with Crippen LogP contribution >= 0.6 is 0 Å². The van der Waals surface area contributed by atoms with Crippen LogP contribution in [-0.2, 0) is 4.79 Å². The molecule has 0 radical (unpaired) electrons. The summed E-state index contributed by atoms with van der Waals surface area (Å²) in [5, 5.41) is 0. The van der Waals surface area contributed by atoms with Crippen LogP contribution in [0, 0.1) is 0 Å². The number of carbonyl (C=O) groups excluding carboxylic acids is 2. The molecule has 0 aliphatic carbocycles. The second-order valence-electron chi connectivity index (χ2n) is 3.41. The van der Waals surface area contributed by atoms with Crippen LogP contribution in [0.4, 0.5) is 8.78 Å². The van der Waals surface area contributed by atoms with Crippen molar-refractivity contribution in [2.24, 2.45) is 0 Å². The maximum atomic E-state index is 12.8. The molecule has 0 spiro atoms.